The van der Waals surface area contributed by atoms with Crippen LogP contribution in [0, 0.1) is 6.92 Å². The topological polar surface area (TPSA) is 68.9 Å². The highest BCUT2D eigenvalue weighted by Gasteiger charge is 2.20. The Kier molecular flexibility index (Phi) is 5.14. The van der Waals surface area contributed by atoms with Crippen molar-refractivity contribution in [3.63, 3.8) is 0 Å². The van der Waals surface area contributed by atoms with Gasteiger partial charge in [0.1, 0.15) is 11.9 Å². The number of amides is 1. The minimum Gasteiger partial charge on any atom is -0.342 e. The molecule has 0 radical (unpaired) electrons. The molecule has 0 spiro atoms. The first-order chi connectivity index (χ1) is 12.1. The summed E-state index contributed by atoms with van der Waals surface area (Å²) in [5, 5.41) is 4.85. The SMILES string of the molecule is Cc1csc(=O)n1CCC(=O)NC(c1ccccc1)c1nccn1C. The van der Waals surface area contributed by atoms with Gasteiger partial charge < -0.3 is 14.5 Å². The number of thiazole rings is 1. The predicted molar refractivity (Wildman–Crippen MR) is 97.6 cm³/mol. The van der Waals surface area contributed by atoms with Crippen LogP contribution in [-0.4, -0.2) is 20.0 Å². The van der Waals surface area contributed by atoms with E-state index in [2.05, 4.69) is 10.3 Å². The normalized spacial score (nSPS) is 12.1. The monoisotopic (exact) mass is 356 g/mol. The number of aromatic nitrogens is 3. The van der Waals surface area contributed by atoms with Crippen LogP contribution in [0.15, 0.2) is 52.9 Å². The summed E-state index contributed by atoms with van der Waals surface area (Å²) in [5.74, 6) is 0.651. The predicted octanol–water partition coefficient (Wildman–Crippen LogP) is 2.25. The van der Waals surface area contributed by atoms with E-state index in [1.165, 1.54) is 0 Å². The number of nitrogens with one attached hydrogen (secondary N) is 1. The molecule has 0 bridgehead atoms. The maximum Gasteiger partial charge on any atom is 0.307 e. The van der Waals surface area contributed by atoms with Crippen LogP contribution in [0.25, 0.3) is 0 Å². The van der Waals surface area contributed by atoms with Gasteiger partial charge in [0.2, 0.25) is 5.91 Å². The molecule has 0 fully saturated rings. The van der Waals surface area contributed by atoms with Gasteiger partial charge in [-0.3, -0.25) is 9.59 Å². The molecule has 0 saturated carbocycles. The van der Waals surface area contributed by atoms with Crippen LogP contribution < -0.4 is 10.2 Å². The Balaban J connectivity index is 1.75. The average Bonchev–Trinajstić information content (AvgIpc) is 3.17. The smallest absolute Gasteiger partial charge is 0.307 e. The highest BCUT2D eigenvalue weighted by Crippen LogP contribution is 2.20. The number of nitrogens with zero attached hydrogens (tertiary/aromatic N) is 3. The van der Waals surface area contributed by atoms with Crippen molar-refractivity contribution in [2.45, 2.75) is 25.9 Å². The van der Waals surface area contributed by atoms with Crippen LogP contribution >= 0.6 is 11.3 Å². The van der Waals surface area contributed by atoms with Crippen molar-refractivity contribution in [1.29, 1.82) is 0 Å². The van der Waals surface area contributed by atoms with Crippen molar-refractivity contribution in [1.82, 2.24) is 19.4 Å². The third-order valence-corrected chi connectivity index (χ3v) is 4.97. The largest absolute Gasteiger partial charge is 0.342 e. The number of carbonyl (C=O) groups is 1. The number of rotatable bonds is 6. The van der Waals surface area contributed by atoms with Gasteiger partial charge in [-0.25, -0.2) is 4.98 Å². The van der Waals surface area contributed by atoms with Crippen molar-refractivity contribution in [2.24, 2.45) is 7.05 Å². The molecule has 1 aromatic carbocycles. The summed E-state index contributed by atoms with van der Waals surface area (Å²) in [7, 11) is 1.90. The second kappa shape index (κ2) is 7.48. The Labute approximate surface area is 149 Å². The van der Waals surface area contributed by atoms with Crippen molar-refractivity contribution >= 4 is 17.2 Å². The lowest BCUT2D eigenvalue weighted by Crippen LogP contribution is -2.32. The van der Waals surface area contributed by atoms with E-state index >= 15 is 0 Å². The highest BCUT2D eigenvalue weighted by atomic mass is 32.1. The zero-order valence-corrected chi connectivity index (χ0v) is 15.0. The van der Waals surface area contributed by atoms with Crippen molar-refractivity contribution in [3.8, 4) is 0 Å². The van der Waals surface area contributed by atoms with E-state index in [1.807, 2.05) is 55.1 Å². The third-order valence-electron chi connectivity index (χ3n) is 4.09. The molecule has 3 aromatic rings. The third kappa shape index (κ3) is 3.88. The van der Waals surface area contributed by atoms with Crippen LogP contribution in [-0.2, 0) is 18.4 Å². The average molecular weight is 356 g/mol. The molecule has 130 valence electrons. The number of imidazole rings is 1. The van der Waals surface area contributed by atoms with Gasteiger partial charge in [-0.15, -0.1) is 0 Å². The van der Waals surface area contributed by atoms with Crippen molar-refractivity contribution < 1.29 is 4.79 Å². The van der Waals surface area contributed by atoms with E-state index in [-0.39, 0.29) is 23.2 Å². The molecule has 0 saturated heterocycles. The lowest BCUT2D eigenvalue weighted by atomic mass is 10.1. The first kappa shape index (κ1) is 17.2. The fraction of sp³-hybridized carbons (Fsp3) is 0.278. The standard InChI is InChI=1S/C18H20N4O2S/c1-13-12-25-18(24)22(13)10-8-15(23)20-16(14-6-4-3-5-7-14)17-19-9-11-21(17)2/h3-7,9,11-12,16H,8,10H2,1-2H3,(H,20,23). The highest BCUT2D eigenvalue weighted by molar-refractivity contribution is 7.07. The van der Waals surface area contributed by atoms with Crippen molar-refractivity contribution in [3.05, 3.63) is 74.9 Å². The van der Waals surface area contributed by atoms with E-state index in [4.69, 9.17) is 0 Å². The fourth-order valence-corrected chi connectivity index (χ4v) is 3.48. The van der Waals surface area contributed by atoms with Gasteiger partial charge in [0.05, 0.1) is 0 Å². The molecule has 3 rings (SSSR count). The van der Waals surface area contributed by atoms with E-state index in [0.717, 1.165) is 28.4 Å². The Hall–Kier alpha value is -2.67. The van der Waals surface area contributed by atoms with Gasteiger partial charge in [-0.1, -0.05) is 41.7 Å². The molecule has 1 atom stereocenters. The molecule has 0 aliphatic carbocycles. The number of aryl methyl sites for hydroxylation is 2. The summed E-state index contributed by atoms with van der Waals surface area (Å²) < 4.78 is 3.52. The number of benzene rings is 1. The lowest BCUT2D eigenvalue weighted by Gasteiger charge is -2.19. The summed E-state index contributed by atoms with van der Waals surface area (Å²) in [6.07, 6.45) is 3.81. The summed E-state index contributed by atoms with van der Waals surface area (Å²) in [6.45, 7) is 2.25. The lowest BCUT2D eigenvalue weighted by molar-refractivity contribution is -0.121. The first-order valence-corrected chi connectivity index (χ1v) is 8.90. The minimum atomic E-state index is -0.325. The second-order valence-corrected chi connectivity index (χ2v) is 6.67. The molecular weight excluding hydrogens is 336 g/mol. The van der Waals surface area contributed by atoms with Gasteiger partial charge in [0.25, 0.3) is 0 Å². The molecule has 6 nitrogen and oxygen atoms in total. The van der Waals surface area contributed by atoms with Crippen LogP contribution in [0.2, 0.25) is 0 Å². The van der Waals surface area contributed by atoms with E-state index in [0.29, 0.717) is 6.54 Å². The molecule has 2 heterocycles. The van der Waals surface area contributed by atoms with Gasteiger partial charge in [-0.2, -0.15) is 0 Å². The Bertz CT molecular complexity index is 911. The number of hydrogen-bond donors (Lipinski definition) is 1. The molecule has 1 unspecified atom stereocenters. The zero-order valence-electron chi connectivity index (χ0n) is 14.2. The molecule has 2 aromatic heterocycles. The van der Waals surface area contributed by atoms with Crippen molar-refractivity contribution in [2.75, 3.05) is 0 Å². The van der Waals surface area contributed by atoms with Crippen LogP contribution in [0.3, 0.4) is 0 Å². The molecule has 0 aliphatic heterocycles. The molecule has 7 heteroatoms. The van der Waals surface area contributed by atoms with Crippen LogP contribution in [0.4, 0.5) is 0 Å². The van der Waals surface area contributed by atoms with E-state index < -0.39 is 0 Å². The summed E-state index contributed by atoms with van der Waals surface area (Å²) in [5.41, 5.74) is 1.85. The molecule has 0 aliphatic rings. The fourth-order valence-electron chi connectivity index (χ4n) is 2.72. The molecular formula is C18H20N4O2S. The minimum absolute atomic E-state index is 0.0333. The first-order valence-electron chi connectivity index (χ1n) is 8.02. The van der Waals surface area contributed by atoms with Crippen LogP contribution in [0.1, 0.15) is 29.5 Å². The summed E-state index contributed by atoms with van der Waals surface area (Å²) in [4.78, 5) is 28.6. The quantitative estimate of drug-likeness (QED) is 0.736. The second-order valence-electron chi connectivity index (χ2n) is 5.85. The van der Waals surface area contributed by atoms with Crippen LogP contribution in [0.5, 0.6) is 0 Å². The van der Waals surface area contributed by atoms with E-state index in [1.54, 1.807) is 16.1 Å². The Morgan fingerprint density at radius 1 is 1.32 bits per heavy atom. The van der Waals surface area contributed by atoms with Gasteiger partial charge >= 0.3 is 4.87 Å². The van der Waals surface area contributed by atoms with Gasteiger partial charge in [-0.05, 0) is 12.5 Å². The Morgan fingerprint density at radius 3 is 2.68 bits per heavy atom. The molecule has 1 amide bonds. The maximum atomic E-state index is 12.5. The van der Waals surface area contributed by atoms with Gasteiger partial charge in [0, 0.05) is 43.5 Å². The zero-order chi connectivity index (χ0) is 17.8. The van der Waals surface area contributed by atoms with E-state index in [9.17, 15) is 9.59 Å². The molecule has 25 heavy (non-hydrogen) atoms. The van der Waals surface area contributed by atoms with Gasteiger partial charge in [0.15, 0.2) is 0 Å². The summed E-state index contributed by atoms with van der Waals surface area (Å²) in [6, 6.07) is 9.42. The number of carbonyl (C=O) groups excluding carboxylic acids is 1. The molecule has 1 N–H and O–H groups in total. The number of hydrogen-bond acceptors (Lipinski definition) is 4. The maximum absolute atomic E-state index is 12.5. The Morgan fingerprint density at radius 2 is 2.08 bits per heavy atom. The summed E-state index contributed by atoms with van der Waals surface area (Å²) >= 11 is 1.16.